The Labute approximate surface area is 41.7 Å². The molecule has 2 heteroatoms. The molecule has 1 aliphatic rings. The maximum atomic E-state index is 8.90. The highest BCUT2D eigenvalue weighted by Crippen LogP contribution is 2.43. The molecule has 1 N–H and O–H groups in total. The molecule has 0 aromatic carbocycles. The van der Waals surface area contributed by atoms with Crippen molar-refractivity contribution in [2.24, 2.45) is 0 Å². The second kappa shape index (κ2) is 1.14. The maximum absolute atomic E-state index is 8.90. The molecule has 1 aliphatic carbocycles. The smallest absolute Gasteiger partial charge is 0.110 e. The van der Waals surface area contributed by atoms with Gasteiger partial charge in [-0.1, -0.05) is 0 Å². The molecule has 0 heterocycles. The molecule has 0 spiro atoms. The van der Waals surface area contributed by atoms with E-state index in [0.29, 0.717) is 0 Å². The first-order valence-electron chi connectivity index (χ1n) is 2.04. The van der Waals surface area contributed by atoms with Crippen molar-refractivity contribution >= 4 is 11.8 Å². The van der Waals surface area contributed by atoms with Gasteiger partial charge < -0.3 is 5.11 Å². The quantitative estimate of drug-likeness (QED) is 0.497. The van der Waals surface area contributed by atoms with Crippen LogP contribution in [0.15, 0.2) is 0 Å². The molecule has 0 aromatic heterocycles. The third-order valence-corrected chi connectivity index (χ3v) is 2.23. The van der Waals surface area contributed by atoms with Crippen molar-refractivity contribution in [2.75, 3.05) is 6.26 Å². The van der Waals surface area contributed by atoms with Crippen LogP contribution in [0.3, 0.4) is 0 Å². The van der Waals surface area contributed by atoms with Crippen LogP contribution in [0.5, 0.6) is 0 Å². The summed E-state index contributed by atoms with van der Waals surface area (Å²) in [6, 6.07) is 0. The summed E-state index contributed by atoms with van der Waals surface area (Å²) in [7, 11) is 0. The zero-order chi connectivity index (χ0) is 4.62. The zero-order valence-corrected chi connectivity index (χ0v) is 4.59. The molecule has 1 saturated carbocycles. The lowest BCUT2D eigenvalue weighted by Gasteiger charge is -1.96. The lowest BCUT2D eigenvalue weighted by molar-refractivity contribution is 0.246. The fourth-order valence-corrected chi connectivity index (χ4v) is 0.821. The number of aliphatic hydroxyl groups is 1. The minimum absolute atomic E-state index is 0.292. The Kier molecular flexibility index (Phi) is 0.848. The molecule has 0 aliphatic heterocycles. The van der Waals surface area contributed by atoms with E-state index in [-0.39, 0.29) is 4.93 Å². The molecule has 1 rings (SSSR count). The van der Waals surface area contributed by atoms with Gasteiger partial charge in [0.05, 0.1) is 0 Å². The SMILES string of the molecule is CSC1(O)CC1. The van der Waals surface area contributed by atoms with Gasteiger partial charge in [0.25, 0.3) is 0 Å². The Bertz CT molecular complexity index is 58.6. The second-order valence-electron chi connectivity index (χ2n) is 1.65. The van der Waals surface area contributed by atoms with Crippen LogP contribution < -0.4 is 0 Å². The minimum Gasteiger partial charge on any atom is -0.380 e. The predicted octanol–water partition coefficient (Wildman–Crippen LogP) is 0.832. The average Bonchev–Trinajstić information content (AvgIpc) is 2.22. The first kappa shape index (κ1) is 4.47. The Balaban J connectivity index is 2.28. The number of rotatable bonds is 1. The van der Waals surface area contributed by atoms with Gasteiger partial charge in [-0.3, -0.25) is 0 Å². The maximum Gasteiger partial charge on any atom is 0.110 e. The molecule has 0 atom stereocenters. The summed E-state index contributed by atoms with van der Waals surface area (Å²) < 4.78 is 0. The van der Waals surface area contributed by atoms with Crippen molar-refractivity contribution in [2.45, 2.75) is 17.8 Å². The van der Waals surface area contributed by atoms with Gasteiger partial charge in [-0.05, 0) is 19.1 Å². The lowest BCUT2D eigenvalue weighted by atomic mass is 10.8. The highest BCUT2D eigenvalue weighted by atomic mass is 32.2. The molecule has 0 aromatic rings. The molecule has 36 valence electrons. The van der Waals surface area contributed by atoms with E-state index in [4.69, 9.17) is 5.11 Å². The summed E-state index contributed by atoms with van der Waals surface area (Å²) in [5.41, 5.74) is 0. The molecule has 0 unspecified atom stereocenters. The van der Waals surface area contributed by atoms with Crippen LogP contribution in [0.4, 0.5) is 0 Å². The third kappa shape index (κ3) is 0.684. The van der Waals surface area contributed by atoms with Gasteiger partial charge in [-0.2, -0.15) is 0 Å². The van der Waals surface area contributed by atoms with Crippen LogP contribution in [-0.4, -0.2) is 16.3 Å². The van der Waals surface area contributed by atoms with E-state index in [2.05, 4.69) is 0 Å². The van der Waals surface area contributed by atoms with Crippen LogP contribution >= 0.6 is 11.8 Å². The Morgan fingerprint density at radius 3 is 2.17 bits per heavy atom. The van der Waals surface area contributed by atoms with Gasteiger partial charge in [0.2, 0.25) is 0 Å². The Morgan fingerprint density at radius 1 is 1.67 bits per heavy atom. The summed E-state index contributed by atoms with van der Waals surface area (Å²) in [5.74, 6) is 0. The van der Waals surface area contributed by atoms with E-state index in [1.54, 1.807) is 11.8 Å². The van der Waals surface area contributed by atoms with Gasteiger partial charge in [-0.25, -0.2) is 0 Å². The summed E-state index contributed by atoms with van der Waals surface area (Å²) in [4.78, 5) is -0.292. The normalized spacial score (nSPS) is 27.0. The van der Waals surface area contributed by atoms with E-state index in [9.17, 15) is 0 Å². The number of hydrogen-bond acceptors (Lipinski definition) is 2. The molecule has 1 fully saturated rings. The average molecular weight is 104 g/mol. The fourth-order valence-electron chi connectivity index (χ4n) is 0.311. The summed E-state index contributed by atoms with van der Waals surface area (Å²) >= 11 is 1.55. The number of hydrogen-bond donors (Lipinski definition) is 1. The summed E-state index contributed by atoms with van der Waals surface area (Å²) in [5, 5.41) is 8.90. The van der Waals surface area contributed by atoms with Gasteiger partial charge in [0.1, 0.15) is 4.93 Å². The van der Waals surface area contributed by atoms with Crippen molar-refractivity contribution in [3.05, 3.63) is 0 Å². The molecule has 0 radical (unpaired) electrons. The standard InChI is InChI=1S/C4H8OS/c1-6-4(5)2-3-4/h5H,2-3H2,1H3. The van der Waals surface area contributed by atoms with Crippen LogP contribution in [0.1, 0.15) is 12.8 Å². The molecule has 6 heavy (non-hydrogen) atoms. The third-order valence-electron chi connectivity index (χ3n) is 1.06. The van der Waals surface area contributed by atoms with Crippen molar-refractivity contribution in [1.29, 1.82) is 0 Å². The van der Waals surface area contributed by atoms with Crippen LogP contribution in [0.2, 0.25) is 0 Å². The van der Waals surface area contributed by atoms with Crippen LogP contribution in [-0.2, 0) is 0 Å². The van der Waals surface area contributed by atoms with Crippen molar-refractivity contribution in [1.82, 2.24) is 0 Å². The number of thioether (sulfide) groups is 1. The second-order valence-corrected chi connectivity index (χ2v) is 2.82. The Hall–Kier alpha value is 0.310. The highest BCUT2D eigenvalue weighted by molar-refractivity contribution is 8.00. The largest absolute Gasteiger partial charge is 0.380 e. The fraction of sp³-hybridized carbons (Fsp3) is 1.00. The minimum atomic E-state index is -0.292. The predicted molar refractivity (Wildman–Crippen MR) is 27.7 cm³/mol. The molecule has 0 amide bonds. The Morgan fingerprint density at radius 2 is 2.17 bits per heavy atom. The van der Waals surface area contributed by atoms with Gasteiger partial charge in [0.15, 0.2) is 0 Å². The van der Waals surface area contributed by atoms with Crippen LogP contribution in [0.25, 0.3) is 0 Å². The van der Waals surface area contributed by atoms with Crippen molar-refractivity contribution in [3.8, 4) is 0 Å². The monoisotopic (exact) mass is 104 g/mol. The van der Waals surface area contributed by atoms with Crippen molar-refractivity contribution in [3.63, 3.8) is 0 Å². The van der Waals surface area contributed by atoms with E-state index in [1.165, 1.54) is 0 Å². The van der Waals surface area contributed by atoms with E-state index in [0.717, 1.165) is 12.8 Å². The molecular weight excluding hydrogens is 96.1 g/mol. The van der Waals surface area contributed by atoms with Gasteiger partial charge in [0, 0.05) is 0 Å². The summed E-state index contributed by atoms with van der Waals surface area (Å²) in [6.07, 6.45) is 3.93. The zero-order valence-electron chi connectivity index (χ0n) is 3.77. The lowest BCUT2D eigenvalue weighted by Crippen LogP contribution is -1.95. The molecule has 1 nitrogen and oxygen atoms in total. The van der Waals surface area contributed by atoms with Crippen molar-refractivity contribution < 1.29 is 5.11 Å². The van der Waals surface area contributed by atoms with E-state index in [1.807, 2.05) is 6.26 Å². The van der Waals surface area contributed by atoms with Gasteiger partial charge in [-0.15, -0.1) is 11.8 Å². The summed E-state index contributed by atoms with van der Waals surface area (Å²) in [6.45, 7) is 0. The molecular formula is C4H8OS. The molecule has 0 saturated heterocycles. The first-order valence-corrected chi connectivity index (χ1v) is 3.27. The highest BCUT2D eigenvalue weighted by Gasteiger charge is 2.38. The first-order chi connectivity index (χ1) is 2.77. The van der Waals surface area contributed by atoms with Gasteiger partial charge >= 0.3 is 0 Å². The topological polar surface area (TPSA) is 20.2 Å². The molecule has 0 bridgehead atoms. The van der Waals surface area contributed by atoms with E-state index >= 15 is 0 Å². The van der Waals surface area contributed by atoms with E-state index < -0.39 is 0 Å². The van der Waals surface area contributed by atoms with Crippen LogP contribution in [0, 0.1) is 0 Å².